The highest BCUT2D eigenvalue weighted by Gasteiger charge is 2.34. The zero-order valence-corrected chi connectivity index (χ0v) is 14.6. The van der Waals surface area contributed by atoms with Crippen molar-refractivity contribution in [2.24, 2.45) is 0 Å². The molecule has 1 aromatic heterocycles. The molecule has 26 heavy (non-hydrogen) atoms. The van der Waals surface area contributed by atoms with Gasteiger partial charge in [0.15, 0.2) is 0 Å². The Hall–Kier alpha value is -3.15. The van der Waals surface area contributed by atoms with E-state index in [0.29, 0.717) is 18.3 Å². The van der Waals surface area contributed by atoms with Gasteiger partial charge in [0.1, 0.15) is 6.04 Å². The number of urea groups is 1. The normalized spacial score (nSPS) is 16.7. The van der Waals surface area contributed by atoms with Crippen molar-refractivity contribution < 1.29 is 9.32 Å². The minimum atomic E-state index is -0.190. The van der Waals surface area contributed by atoms with E-state index in [1.807, 2.05) is 61.5 Å². The summed E-state index contributed by atoms with van der Waals surface area (Å²) in [5.74, 6) is 1.03. The van der Waals surface area contributed by atoms with Gasteiger partial charge in [-0.05, 0) is 37.5 Å². The maximum atomic E-state index is 12.7. The van der Waals surface area contributed by atoms with Gasteiger partial charge in [0, 0.05) is 17.8 Å². The molecule has 1 unspecified atom stereocenters. The minimum Gasteiger partial charge on any atom is -0.337 e. The lowest BCUT2D eigenvalue weighted by Gasteiger charge is -2.22. The third-order valence-corrected chi connectivity index (χ3v) is 4.54. The first-order valence-corrected chi connectivity index (χ1v) is 8.74. The predicted octanol–water partition coefficient (Wildman–Crippen LogP) is 4.41. The van der Waals surface area contributed by atoms with Gasteiger partial charge in [0.2, 0.25) is 11.7 Å². The molecule has 2 aromatic carbocycles. The van der Waals surface area contributed by atoms with Crippen molar-refractivity contribution in [2.75, 3.05) is 11.9 Å². The average Bonchev–Trinajstić information content (AvgIpc) is 3.32. The topological polar surface area (TPSA) is 71.3 Å². The monoisotopic (exact) mass is 348 g/mol. The number of rotatable bonds is 3. The number of nitrogens with zero attached hydrogens (tertiary/aromatic N) is 3. The van der Waals surface area contributed by atoms with Crippen molar-refractivity contribution in [1.29, 1.82) is 0 Å². The number of amides is 2. The van der Waals surface area contributed by atoms with E-state index in [1.165, 1.54) is 0 Å². The predicted molar refractivity (Wildman–Crippen MR) is 98.6 cm³/mol. The van der Waals surface area contributed by atoms with Gasteiger partial charge >= 0.3 is 6.03 Å². The molecule has 0 bridgehead atoms. The molecule has 1 N–H and O–H groups in total. The van der Waals surface area contributed by atoms with Crippen LogP contribution in [0.2, 0.25) is 0 Å². The van der Waals surface area contributed by atoms with E-state index in [4.69, 9.17) is 4.52 Å². The van der Waals surface area contributed by atoms with Crippen LogP contribution in [0.5, 0.6) is 0 Å². The van der Waals surface area contributed by atoms with Crippen LogP contribution in [-0.4, -0.2) is 27.6 Å². The lowest BCUT2D eigenvalue weighted by Crippen LogP contribution is -2.34. The summed E-state index contributed by atoms with van der Waals surface area (Å²) < 4.78 is 5.47. The first-order valence-electron chi connectivity index (χ1n) is 8.74. The molecule has 6 heteroatoms. The van der Waals surface area contributed by atoms with Gasteiger partial charge in [-0.1, -0.05) is 47.6 Å². The summed E-state index contributed by atoms with van der Waals surface area (Å²) in [5.41, 5.74) is 2.79. The summed E-state index contributed by atoms with van der Waals surface area (Å²) in [6, 6.07) is 17.1. The van der Waals surface area contributed by atoms with Crippen LogP contribution in [0.4, 0.5) is 10.5 Å². The Balaban J connectivity index is 1.51. The van der Waals surface area contributed by atoms with Crippen molar-refractivity contribution in [1.82, 2.24) is 15.0 Å². The van der Waals surface area contributed by atoms with Gasteiger partial charge in [-0.15, -0.1) is 0 Å². The molecule has 1 aliphatic heterocycles. The molecule has 3 aromatic rings. The van der Waals surface area contributed by atoms with Crippen LogP contribution in [-0.2, 0) is 0 Å². The zero-order valence-electron chi connectivity index (χ0n) is 14.6. The highest BCUT2D eigenvalue weighted by atomic mass is 16.5. The van der Waals surface area contributed by atoms with Crippen LogP contribution in [0.25, 0.3) is 11.4 Å². The summed E-state index contributed by atoms with van der Waals surface area (Å²) in [5, 5.41) is 7.04. The number of anilines is 1. The Labute approximate surface area is 151 Å². The van der Waals surface area contributed by atoms with E-state index in [-0.39, 0.29) is 12.1 Å². The molecule has 0 aliphatic carbocycles. The number of carbonyl (C=O) groups excluding carboxylic acids is 1. The second kappa shape index (κ2) is 7.00. The third-order valence-electron chi connectivity index (χ3n) is 4.54. The van der Waals surface area contributed by atoms with Crippen LogP contribution in [0, 0.1) is 6.92 Å². The Bertz CT molecular complexity index is 907. The fraction of sp³-hybridized carbons (Fsp3) is 0.250. The molecular formula is C20H20N4O2. The lowest BCUT2D eigenvalue weighted by atomic mass is 10.2. The number of aromatic nitrogens is 2. The number of nitrogens with one attached hydrogen (secondary N) is 1. The summed E-state index contributed by atoms with van der Waals surface area (Å²) in [6.07, 6.45) is 1.73. The van der Waals surface area contributed by atoms with Crippen LogP contribution < -0.4 is 5.32 Å². The van der Waals surface area contributed by atoms with Crippen LogP contribution in [0.3, 0.4) is 0 Å². The Morgan fingerprint density at radius 1 is 1.19 bits per heavy atom. The molecular weight excluding hydrogens is 328 g/mol. The Kier molecular flexibility index (Phi) is 4.39. The zero-order chi connectivity index (χ0) is 17.9. The van der Waals surface area contributed by atoms with Crippen molar-refractivity contribution >= 4 is 11.7 Å². The lowest BCUT2D eigenvalue weighted by molar-refractivity contribution is 0.193. The van der Waals surface area contributed by atoms with E-state index in [9.17, 15) is 4.79 Å². The van der Waals surface area contributed by atoms with Gasteiger partial charge in [0.05, 0.1) is 0 Å². The molecule has 2 heterocycles. The highest BCUT2D eigenvalue weighted by molar-refractivity contribution is 5.89. The summed E-state index contributed by atoms with van der Waals surface area (Å²) in [4.78, 5) is 19.0. The first-order chi connectivity index (χ1) is 12.7. The van der Waals surface area contributed by atoms with Crippen LogP contribution in [0.15, 0.2) is 59.1 Å². The molecule has 1 aliphatic rings. The van der Waals surface area contributed by atoms with E-state index in [2.05, 4.69) is 15.5 Å². The first kappa shape index (κ1) is 16.3. The fourth-order valence-corrected chi connectivity index (χ4v) is 3.26. The number of aryl methyl sites for hydroxylation is 1. The molecule has 1 atom stereocenters. The molecule has 0 radical (unpaired) electrons. The molecule has 0 saturated carbocycles. The molecule has 132 valence electrons. The SMILES string of the molecule is Cc1cccc(NC(=O)N2CCCC2c2nc(-c3ccccc3)no2)c1. The molecule has 2 amide bonds. The maximum absolute atomic E-state index is 12.7. The molecule has 4 rings (SSSR count). The minimum absolute atomic E-state index is 0.141. The molecule has 1 saturated heterocycles. The standard InChI is InChI=1S/C20H20N4O2/c1-14-7-5-10-16(13-14)21-20(25)24-12-6-11-17(24)19-22-18(23-26-19)15-8-3-2-4-9-15/h2-5,7-10,13,17H,6,11-12H2,1H3,(H,21,25). The van der Waals surface area contributed by atoms with Crippen molar-refractivity contribution in [3.05, 3.63) is 66.1 Å². The van der Waals surface area contributed by atoms with Gasteiger partial charge in [-0.2, -0.15) is 4.98 Å². The highest BCUT2D eigenvalue weighted by Crippen LogP contribution is 2.32. The Morgan fingerprint density at radius 2 is 2.04 bits per heavy atom. The fourth-order valence-electron chi connectivity index (χ4n) is 3.26. The molecule has 1 fully saturated rings. The van der Waals surface area contributed by atoms with Gasteiger partial charge in [-0.25, -0.2) is 4.79 Å². The van der Waals surface area contributed by atoms with Crippen LogP contribution in [0.1, 0.15) is 30.3 Å². The number of benzene rings is 2. The second-order valence-corrected chi connectivity index (χ2v) is 6.47. The van der Waals surface area contributed by atoms with Crippen molar-refractivity contribution in [2.45, 2.75) is 25.8 Å². The summed E-state index contributed by atoms with van der Waals surface area (Å²) >= 11 is 0. The second-order valence-electron chi connectivity index (χ2n) is 6.47. The Morgan fingerprint density at radius 3 is 2.85 bits per heavy atom. The quantitative estimate of drug-likeness (QED) is 0.761. The number of likely N-dealkylation sites (tertiary alicyclic amines) is 1. The maximum Gasteiger partial charge on any atom is 0.322 e. The van der Waals surface area contributed by atoms with Gasteiger partial charge < -0.3 is 14.7 Å². The third kappa shape index (κ3) is 3.31. The van der Waals surface area contributed by atoms with Crippen molar-refractivity contribution in [3.8, 4) is 11.4 Å². The number of hydrogen-bond acceptors (Lipinski definition) is 4. The van der Waals surface area contributed by atoms with Gasteiger partial charge in [0.25, 0.3) is 0 Å². The molecule has 0 spiro atoms. The van der Waals surface area contributed by atoms with Crippen molar-refractivity contribution in [3.63, 3.8) is 0 Å². The number of hydrogen-bond donors (Lipinski definition) is 1. The number of carbonyl (C=O) groups is 1. The summed E-state index contributed by atoms with van der Waals surface area (Å²) in [7, 11) is 0. The van der Waals surface area contributed by atoms with E-state index in [1.54, 1.807) is 4.90 Å². The van der Waals surface area contributed by atoms with Gasteiger partial charge in [-0.3, -0.25) is 0 Å². The molecule has 6 nitrogen and oxygen atoms in total. The largest absolute Gasteiger partial charge is 0.337 e. The van der Waals surface area contributed by atoms with E-state index < -0.39 is 0 Å². The van der Waals surface area contributed by atoms with E-state index >= 15 is 0 Å². The smallest absolute Gasteiger partial charge is 0.322 e. The summed E-state index contributed by atoms with van der Waals surface area (Å²) in [6.45, 7) is 2.67. The average molecular weight is 348 g/mol. The van der Waals surface area contributed by atoms with E-state index in [0.717, 1.165) is 29.7 Å². The van der Waals surface area contributed by atoms with Crippen LogP contribution >= 0.6 is 0 Å².